The molecule has 0 spiro atoms. The van der Waals surface area contributed by atoms with E-state index in [0.717, 1.165) is 6.07 Å². The van der Waals surface area contributed by atoms with Gasteiger partial charge in [-0.3, -0.25) is 10.1 Å². The number of carbonyl (C=O) groups excluding carboxylic acids is 1. The van der Waals surface area contributed by atoms with E-state index >= 15 is 0 Å². The zero-order valence-electron chi connectivity index (χ0n) is 9.08. The molecule has 0 N–H and O–H groups in total. The van der Waals surface area contributed by atoms with Crippen LogP contribution in [0.4, 0.5) is 18.9 Å². The van der Waals surface area contributed by atoms with Gasteiger partial charge >= 0.3 is 12.1 Å². The van der Waals surface area contributed by atoms with Crippen LogP contribution in [-0.2, 0) is 11.0 Å². The lowest BCUT2D eigenvalue weighted by Crippen LogP contribution is -2.25. The van der Waals surface area contributed by atoms with Gasteiger partial charge in [0.05, 0.1) is 4.92 Å². The van der Waals surface area contributed by atoms with Gasteiger partial charge in [-0.2, -0.15) is 13.2 Å². The Morgan fingerprint density at radius 2 is 1.80 bits per heavy atom. The lowest BCUT2D eigenvalue weighted by Gasteiger charge is -2.12. The van der Waals surface area contributed by atoms with Gasteiger partial charge in [0.1, 0.15) is 11.3 Å². The molecular weight excluding hydrogens is 349 g/mol. The van der Waals surface area contributed by atoms with Crippen LogP contribution in [0.25, 0.3) is 0 Å². The number of nitrogens with zero attached hydrogens (tertiary/aromatic N) is 1. The van der Waals surface area contributed by atoms with Crippen molar-refractivity contribution < 1.29 is 27.6 Å². The molecule has 0 aliphatic rings. The zero-order valence-corrected chi connectivity index (χ0v) is 11.3. The van der Waals surface area contributed by atoms with E-state index in [4.69, 9.17) is 34.8 Å². The van der Waals surface area contributed by atoms with Crippen LogP contribution in [-0.4, -0.2) is 14.7 Å². The van der Waals surface area contributed by atoms with E-state index in [1.165, 1.54) is 0 Å². The molecule has 0 saturated heterocycles. The summed E-state index contributed by atoms with van der Waals surface area (Å²) in [4.78, 5) is 20.5. The van der Waals surface area contributed by atoms with Crippen molar-refractivity contribution in [1.82, 2.24) is 0 Å². The number of hydrogen-bond donors (Lipinski definition) is 0. The number of carbonyl (C=O) groups is 1. The Morgan fingerprint density at radius 3 is 2.20 bits per heavy atom. The number of alkyl halides is 6. The van der Waals surface area contributed by atoms with Gasteiger partial charge in [0.15, 0.2) is 0 Å². The minimum Gasteiger partial charge on any atom is -0.423 e. The predicted octanol–water partition coefficient (Wildman–Crippen LogP) is 3.89. The minimum atomic E-state index is -5.01. The molecule has 0 aliphatic heterocycles. The second kappa shape index (κ2) is 5.63. The molecule has 0 aliphatic carbocycles. The van der Waals surface area contributed by atoms with Gasteiger partial charge in [-0.25, -0.2) is 4.79 Å². The summed E-state index contributed by atoms with van der Waals surface area (Å²) in [5.41, 5.74) is -2.77. The van der Waals surface area contributed by atoms with Crippen LogP contribution in [0, 0.1) is 10.1 Å². The van der Waals surface area contributed by atoms with Crippen LogP contribution in [0.5, 0.6) is 5.75 Å². The Kier molecular flexibility index (Phi) is 4.73. The lowest BCUT2D eigenvalue weighted by molar-refractivity contribution is -0.388. The van der Waals surface area contributed by atoms with E-state index in [0.29, 0.717) is 6.07 Å². The van der Waals surface area contributed by atoms with Crippen LogP contribution in [0.2, 0.25) is 0 Å². The van der Waals surface area contributed by atoms with Crippen LogP contribution >= 0.6 is 34.8 Å². The third-order valence-corrected chi connectivity index (χ3v) is 2.38. The molecule has 11 heteroatoms. The number of ether oxygens (including phenoxy) is 1. The molecule has 0 heterocycles. The minimum absolute atomic E-state index is 0.270. The molecule has 5 nitrogen and oxygen atoms in total. The number of benzene rings is 1. The third kappa shape index (κ3) is 4.12. The Balaban J connectivity index is 3.21. The van der Waals surface area contributed by atoms with Crippen LogP contribution in [0.3, 0.4) is 0 Å². The molecule has 1 aromatic rings. The maximum Gasteiger partial charge on any atom is 0.423 e. The Labute approximate surface area is 124 Å². The number of esters is 1. The normalized spacial score (nSPS) is 12.1. The number of nitro benzene ring substituents is 1. The highest BCUT2D eigenvalue weighted by Crippen LogP contribution is 2.38. The monoisotopic (exact) mass is 351 g/mol. The Morgan fingerprint density at radius 1 is 1.25 bits per heavy atom. The molecule has 0 bridgehead atoms. The Bertz CT molecular complexity index is 556. The summed E-state index contributed by atoms with van der Waals surface area (Å²) in [6, 6.07) is 1.58. The molecule has 0 aromatic heterocycles. The first-order valence-corrected chi connectivity index (χ1v) is 5.71. The van der Waals surface area contributed by atoms with E-state index in [-0.39, 0.29) is 6.07 Å². The molecule has 0 radical (unpaired) electrons. The predicted molar refractivity (Wildman–Crippen MR) is 64.0 cm³/mol. The highest BCUT2D eigenvalue weighted by molar-refractivity contribution is 6.75. The van der Waals surface area contributed by atoms with Gasteiger partial charge in [-0.05, 0) is 6.07 Å². The summed E-state index contributed by atoms with van der Waals surface area (Å²) in [7, 11) is 0. The topological polar surface area (TPSA) is 69.4 Å². The van der Waals surface area contributed by atoms with Gasteiger partial charge in [-0.1, -0.05) is 34.8 Å². The SMILES string of the molecule is O=C(Oc1ccc([N+](=O)[O-])c(C(F)(F)F)c1)C(Cl)(Cl)Cl. The van der Waals surface area contributed by atoms with Gasteiger partial charge in [0, 0.05) is 12.1 Å². The fourth-order valence-electron chi connectivity index (χ4n) is 1.13. The van der Waals surface area contributed by atoms with Crippen molar-refractivity contribution in [3.63, 3.8) is 0 Å². The van der Waals surface area contributed by atoms with Gasteiger partial charge in [0.2, 0.25) is 0 Å². The average molecular weight is 352 g/mol. The quantitative estimate of drug-likeness (QED) is 0.266. The molecule has 0 atom stereocenters. The van der Waals surface area contributed by atoms with E-state index in [2.05, 4.69) is 4.74 Å². The smallest absolute Gasteiger partial charge is 0.423 e. The molecule has 0 fully saturated rings. The van der Waals surface area contributed by atoms with Gasteiger partial charge in [-0.15, -0.1) is 0 Å². The molecule has 110 valence electrons. The van der Waals surface area contributed by atoms with Crippen molar-refractivity contribution >= 4 is 46.5 Å². The van der Waals surface area contributed by atoms with Crippen molar-refractivity contribution in [2.45, 2.75) is 9.97 Å². The van der Waals surface area contributed by atoms with Crippen molar-refractivity contribution in [2.75, 3.05) is 0 Å². The maximum absolute atomic E-state index is 12.6. The van der Waals surface area contributed by atoms with Crippen LogP contribution in [0.1, 0.15) is 5.56 Å². The van der Waals surface area contributed by atoms with E-state index in [1.54, 1.807) is 0 Å². The summed E-state index contributed by atoms with van der Waals surface area (Å²) in [6.07, 6.45) is -5.01. The van der Waals surface area contributed by atoms with Crippen molar-refractivity contribution in [3.05, 3.63) is 33.9 Å². The second-order valence-electron chi connectivity index (χ2n) is 3.32. The molecule has 0 unspecified atom stereocenters. The lowest BCUT2D eigenvalue weighted by atomic mass is 10.1. The fraction of sp³-hybridized carbons (Fsp3) is 0.222. The van der Waals surface area contributed by atoms with Crippen molar-refractivity contribution in [2.24, 2.45) is 0 Å². The van der Waals surface area contributed by atoms with E-state index < -0.39 is 37.9 Å². The largest absolute Gasteiger partial charge is 0.423 e. The molecule has 1 aromatic carbocycles. The summed E-state index contributed by atoms with van der Waals surface area (Å²) in [6.45, 7) is 0. The highest BCUT2D eigenvalue weighted by atomic mass is 35.6. The van der Waals surface area contributed by atoms with E-state index in [1.807, 2.05) is 0 Å². The highest BCUT2D eigenvalue weighted by Gasteiger charge is 2.39. The molecule has 0 amide bonds. The summed E-state index contributed by atoms with van der Waals surface area (Å²) >= 11 is 15.5. The molecular formula is C9H3Cl3F3NO4. The number of hydrogen-bond acceptors (Lipinski definition) is 4. The molecule has 20 heavy (non-hydrogen) atoms. The number of rotatable bonds is 2. The molecule has 1 rings (SSSR count). The van der Waals surface area contributed by atoms with Gasteiger partial charge < -0.3 is 4.74 Å². The molecule has 0 saturated carbocycles. The van der Waals surface area contributed by atoms with Crippen LogP contribution < -0.4 is 4.74 Å². The zero-order chi connectivity index (χ0) is 15.7. The summed E-state index contributed by atoms with van der Waals surface area (Å²) < 4.78 is 39.8. The fourth-order valence-corrected chi connectivity index (χ4v) is 1.25. The van der Waals surface area contributed by atoms with Crippen molar-refractivity contribution in [3.8, 4) is 5.75 Å². The summed E-state index contributed by atoms with van der Waals surface area (Å²) in [5.74, 6) is -2.08. The van der Waals surface area contributed by atoms with Gasteiger partial charge in [0.25, 0.3) is 9.48 Å². The summed E-state index contributed by atoms with van der Waals surface area (Å²) in [5, 5.41) is 10.5. The first-order chi connectivity index (χ1) is 8.93. The third-order valence-electron chi connectivity index (χ3n) is 1.91. The first-order valence-electron chi connectivity index (χ1n) is 4.57. The number of halogens is 6. The second-order valence-corrected chi connectivity index (χ2v) is 5.60. The standard InChI is InChI=1S/C9H3Cl3F3NO4/c10-8(11,12)7(17)20-4-1-2-6(16(18)19)5(3-4)9(13,14)15/h1-3H. The average Bonchev–Trinajstić information content (AvgIpc) is 2.26. The van der Waals surface area contributed by atoms with Crippen molar-refractivity contribution in [1.29, 1.82) is 0 Å². The maximum atomic E-state index is 12.6. The van der Waals surface area contributed by atoms with Crippen LogP contribution in [0.15, 0.2) is 18.2 Å². The van der Waals surface area contributed by atoms with E-state index in [9.17, 15) is 28.1 Å². The Hall–Kier alpha value is -1.25. The number of nitro groups is 1. The first kappa shape index (κ1) is 16.8.